The fraction of sp³-hybridized carbons (Fsp3) is 0.333. The van der Waals surface area contributed by atoms with Gasteiger partial charge in [-0.05, 0) is 33.3 Å². The van der Waals surface area contributed by atoms with Gasteiger partial charge in [-0.1, -0.05) is 29.3 Å². The zero-order valence-corrected chi connectivity index (χ0v) is 13.1. The van der Waals surface area contributed by atoms with E-state index in [1.54, 1.807) is 11.8 Å². The first-order valence-electron chi connectivity index (χ1n) is 6.51. The highest BCUT2D eigenvalue weighted by molar-refractivity contribution is 7.98. The second kappa shape index (κ2) is 6.24. The zero-order valence-electron chi connectivity index (χ0n) is 12.3. The summed E-state index contributed by atoms with van der Waals surface area (Å²) >= 11 is 1.71. The number of thioether (sulfide) groups is 1. The second-order valence-electron chi connectivity index (χ2n) is 4.98. The van der Waals surface area contributed by atoms with Crippen LogP contribution in [0, 0.1) is 27.7 Å². The lowest BCUT2D eigenvalue weighted by molar-refractivity contribution is 0.935. The molecule has 0 spiro atoms. The Balaban J connectivity index is 2.20. The average molecular weight is 288 g/mol. The number of nitrogen functional groups attached to an aromatic ring is 1. The molecule has 4 nitrogen and oxygen atoms in total. The fourth-order valence-corrected chi connectivity index (χ4v) is 3.17. The maximum atomic E-state index is 5.49. The van der Waals surface area contributed by atoms with Crippen molar-refractivity contribution >= 4 is 17.6 Å². The van der Waals surface area contributed by atoms with Gasteiger partial charge >= 0.3 is 0 Å². The summed E-state index contributed by atoms with van der Waals surface area (Å²) in [5, 5.41) is 0.976. The number of anilines is 1. The van der Waals surface area contributed by atoms with E-state index in [4.69, 9.17) is 5.84 Å². The maximum absolute atomic E-state index is 5.49. The third-order valence-electron chi connectivity index (χ3n) is 3.01. The molecule has 3 N–H and O–H groups in total. The largest absolute Gasteiger partial charge is 0.308 e. The van der Waals surface area contributed by atoms with Crippen molar-refractivity contribution in [2.75, 3.05) is 5.43 Å². The molecular formula is C15H20N4S. The molecule has 0 aliphatic heterocycles. The Morgan fingerprint density at radius 2 is 1.70 bits per heavy atom. The summed E-state index contributed by atoms with van der Waals surface area (Å²) in [6.07, 6.45) is 0. The van der Waals surface area contributed by atoms with Crippen LogP contribution in [0.3, 0.4) is 0 Å². The molecule has 106 valence electrons. The van der Waals surface area contributed by atoms with E-state index in [1.165, 1.54) is 16.7 Å². The first kappa shape index (κ1) is 14.8. The number of aromatic nitrogens is 2. The van der Waals surface area contributed by atoms with E-state index in [0.717, 1.165) is 22.2 Å². The van der Waals surface area contributed by atoms with E-state index in [2.05, 4.69) is 47.4 Å². The highest BCUT2D eigenvalue weighted by Gasteiger charge is 2.09. The highest BCUT2D eigenvalue weighted by Crippen LogP contribution is 2.28. The topological polar surface area (TPSA) is 63.8 Å². The monoisotopic (exact) mass is 288 g/mol. The maximum Gasteiger partial charge on any atom is 0.147 e. The van der Waals surface area contributed by atoms with Crippen LogP contribution in [0.25, 0.3) is 0 Å². The third kappa shape index (κ3) is 3.49. The molecule has 2 aromatic rings. The summed E-state index contributed by atoms with van der Waals surface area (Å²) in [5.41, 5.74) is 7.52. The fourth-order valence-electron chi connectivity index (χ4n) is 2.19. The van der Waals surface area contributed by atoms with Crippen LogP contribution >= 0.6 is 11.8 Å². The first-order valence-corrected chi connectivity index (χ1v) is 7.50. The van der Waals surface area contributed by atoms with Crippen LogP contribution in [-0.2, 0) is 5.75 Å². The summed E-state index contributed by atoms with van der Waals surface area (Å²) in [6, 6.07) is 6.61. The molecule has 0 bridgehead atoms. The van der Waals surface area contributed by atoms with Gasteiger partial charge in [0.1, 0.15) is 16.7 Å². The van der Waals surface area contributed by atoms with Gasteiger partial charge in [-0.15, -0.1) is 11.8 Å². The molecule has 0 saturated heterocycles. The molecule has 0 aliphatic carbocycles. The van der Waals surface area contributed by atoms with Crippen LogP contribution in [-0.4, -0.2) is 9.97 Å². The van der Waals surface area contributed by atoms with E-state index in [1.807, 2.05) is 13.8 Å². The molecule has 0 amide bonds. The van der Waals surface area contributed by atoms with Crippen LogP contribution in [0.15, 0.2) is 23.2 Å². The Morgan fingerprint density at radius 3 is 2.30 bits per heavy atom. The van der Waals surface area contributed by atoms with Gasteiger partial charge in [-0.25, -0.2) is 15.8 Å². The van der Waals surface area contributed by atoms with E-state index < -0.39 is 0 Å². The predicted molar refractivity (Wildman–Crippen MR) is 84.8 cm³/mol. The molecule has 0 radical (unpaired) electrons. The zero-order chi connectivity index (χ0) is 14.7. The van der Waals surface area contributed by atoms with Crippen LogP contribution in [0.4, 0.5) is 5.82 Å². The van der Waals surface area contributed by atoms with Crippen molar-refractivity contribution in [3.05, 3.63) is 46.3 Å². The lowest BCUT2D eigenvalue weighted by Crippen LogP contribution is -2.12. The molecule has 0 aliphatic rings. The molecule has 20 heavy (non-hydrogen) atoms. The average Bonchev–Trinajstić information content (AvgIpc) is 2.38. The van der Waals surface area contributed by atoms with Crippen molar-refractivity contribution in [2.24, 2.45) is 5.84 Å². The predicted octanol–water partition coefficient (Wildman–Crippen LogP) is 3.29. The number of rotatable bonds is 4. The van der Waals surface area contributed by atoms with Crippen molar-refractivity contribution < 1.29 is 0 Å². The quantitative estimate of drug-likeness (QED) is 0.391. The number of hydrazine groups is 1. The molecule has 0 saturated carbocycles. The van der Waals surface area contributed by atoms with Gasteiger partial charge in [0, 0.05) is 11.3 Å². The van der Waals surface area contributed by atoms with Gasteiger partial charge in [-0.3, -0.25) is 0 Å². The summed E-state index contributed by atoms with van der Waals surface area (Å²) < 4.78 is 0. The smallest absolute Gasteiger partial charge is 0.147 e. The number of nitrogens with one attached hydrogen (secondary N) is 1. The highest BCUT2D eigenvalue weighted by atomic mass is 32.2. The molecule has 5 heteroatoms. The molecular weight excluding hydrogens is 268 g/mol. The number of benzene rings is 1. The molecule has 1 heterocycles. The SMILES string of the molecule is Cc1cc(C)cc(CSc2nc(C)nc(NN)c2C)c1. The van der Waals surface area contributed by atoms with Gasteiger partial charge in [-0.2, -0.15) is 0 Å². The Kier molecular flexibility index (Phi) is 4.62. The molecule has 0 unspecified atom stereocenters. The molecule has 1 aromatic heterocycles. The van der Waals surface area contributed by atoms with Crippen molar-refractivity contribution in [3.8, 4) is 0 Å². The molecule has 2 rings (SSSR count). The van der Waals surface area contributed by atoms with E-state index >= 15 is 0 Å². The Hall–Kier alpha value is -1.59. The second-order valence-corrected chi connectivity index (χ2v) is 5.94. The lowest BCUT2D eigenvalue weighted by Gasteiger charge is -2.10. The minimum absolute atomic E-state index is 0.695. The van der Waals surface area contributed by atoms with Crippen LogP contribution in [0.5, 0.6) is 0 Å². The minimum Gasteiger partial charge on any atom is -0.308 e. The summed E-state index contributed by atoms with van der Waals surface area (Å²) in [5.74, 6) is 7.80. The molecule has 0 atom stereocenters. The third-order valence-corrected chi connectivity index (χ3v) is 4.16. The number of nitrogens with zero attached hydrogens (tertiary/aromatic N) is 2. The van der Waals surface area contributed by atoms with Gasteiger partial charge in [0.05, 0.1) is 0 Å². The van der Waals surface area contributed by atoms with Crippen LogP contribution in [0.2, 0.25) is 0 Å². The van der Waals surface area contributed by atoms with Gasteiger partial charge < -0.3 is 5.43 Å². The number of hydrogen-bond donors (Lipinski definition) is 2. The number of nitrogens with two attached hydrogens (primary N) is 1. The van der Waals surface area contributed by atoms with Crippen molar-refractivity contribution in [1.82, 2.24) is 9.97 Å². The summed E-state index contributed by atoms with van der Waals surface area (Å²) in [4.78, 5) is 8.77. The molecule has 1 aromatic carbocycles. The van der Waals surface area contributed by atoms with Crippen molar-refractivity contribution in [2.45, 2.75) is 38.5 Å². The van der Waals surface area contributed by atoms with Gasteiger partial charge in [0.2, 0.25) is 0 Å². The molecule has 0 fully saturated rings. The lowest BCUT2D eigenvalue weighted by atomic mass is 10.1. The van der Waals surface area contributed by atoms with Crippen LogP contribution in [0.1, 0.15) is 28.1 Å². The number of hydrogen-bond acceptors (Lipinski definition) is 5. The van der Waals surface area contributed by atoms with E-state index in [-0.39, 0.29) is 0 Å². The van der Waals surface area contributed by atoms with Gasteiger partial charge in [0.25, 0.3) is 0 Å². The minimum atomic E-state index is 0.695. The number of aryl methyl sites for hydroxylation is 3. The Labute approximate surface area is 124 Å². The van der Waals surface area contributed by atoms with Crippen molar-refractivity contribution in [1.29, 1.82) is 0 Å². The van der Waals surface area contributed by atoms with E-state index in [0.29, 0.717) is 5.82 Å². The van der Waals surface area contributed by atoms with E-state index in [9.17, 15) is 0 Å². The Bertz CT molecular complexity index is 605. The summed E-state index contributed by atoms with van der Waals surface area (Å²) in [7, 11) is 0. The normalized spacial score (nSPS) is 10.7. The van der Waals surface area contributed by atoms with Gasteiger partial charge in [0.15, 0.2) is 0 Å². The first-order chi connectivity index (χ1) is 9.49. The Morgan fingerprint density at radius 1 is 1.05 bits per heavy atom. The van der Waals surface area contributed by atoms with Crippen LogP contribution < -0.4 is 11.3 Å². The summed E-state index contributed by atoms with van der Waals surface area (Å²) in [6.45, 7) is 8.11. The standard InChI is InChI=1S/C15H20N4S/c1-9-5-10(2)7-13(6-9)8-20-15-11(3)14(19-16)17-12(4)18-15/h5-7H,8,16H2,1-4H3,(H,17,18,19). The van der Waals surface area contributed by atoms with Crippen molar-refractivity contribution in [3.63, 3.8) is 0 Å².